The van der Waals surface area contributed by atoms with Gasteiger partial charge in [-0.1, -0.05) is 0 Å². The number of nitrogens with zero attached hydrogens (tertiary/aromatic N) is 2. The standard InChI is InChI=1S/C16H16N2O5S/c1-21-8-10-7-18(16(20)22-10)9-2-3-11-13(6-9)24-15(17-11)12-4-5-14(19)23-12/h2-3,6,10,12H,4-5,7-8H2,1H3/t10-,12+/m1/s1. The molecule has 2 aliphatic heterocycles. The number of rotatable bonds is 4. The Morgan fingerprint density at radius 2 is 2.25 bits per heavy atom. The van der Waals surface area contributed by atoms with Crippen LogP contribution in [0.25, 0.3) is 10.2 Å². The zero-order valence-corrected chi connectivity index (χ0v) is 13.9. The number of benzene rings is 1. The van der Waals surface area contributed by atoms with Crippen molar-refractivity contribution in [1.82, 2.24) is 4.98 Å². The lowest BCUT2D eigenvalue weighted by molar-refractivity contribution is -0.141. The molecule has 2 aromatic rings. The SMILES string of the molecule is COC[C@H]1CN(c2ccc3nc([C@@H]4CCC(=O)O4)sc3c2)C(=O)O1. The fourth-order valence-corrected chi connectivity index (χ4v) is 4.01. The highest BCUT2D eigenvalue weighted by Crippen LogP contribution is 2.36. The average Bonchev–Trinajstić information content (AvgIpc) is 3.25. The van der Waals surface area contributed by atoms with Crippen LogP contribution < -0.4 is 4.90 Å². The van der Waals surface area contributed by atoms with Crippen molar-refractivity contribution in [2.75, 3.05) is 25.2 Å². The summed E-state index contributed by atoms with van der Waals surface area (Å²) in [5, 5.41) is 0.800. The molecule has 2 saturated heterocycles. The molecule has 0 bridgehead atoms. The third kappa shape index (κ3) is 2.71. The molecule has 1 amide bonds. The van der Waals surface area contributed by atoms with Crippen molar-refractivity contribution in [3.05, 3.63) is 23.2 Å². The summed E-state index contributed by atoms with van der Waals surface area (Å²) in [6, 6.07) is 5.64. The quantitative estimate of drug-likeness (QED) is 0.791. The number of carbonyl (C=O) groups is 2. The van der Waals surface area contributed by atoms with Gasteiger partial charge in [-0.2, -0.15) is 0 Å². The summed E-state index contributed by atoms with van der Waals surface area (Å²) in [6.45, 7) is 0.840. The normalized spacial score (nSPS) is 23.8. The monoisotopic (exact) mass is 348 g/mol. The number of anilines is 1. The van der Waals surface area contributed by atoms with Gasteiger partial charge in [0.25, 0.3) is 0 Å². The van der Waals surface area contributed by atoms with Crippen LogP contribution >= 0.6 is 11.3 Å². The summed E-state index contributed by atoms with van der Waals surface area (Å²) in [5.41, 5.74) is 1.60. The molecule has 0 saturated carbocycles. The maximum Gasteiger partial charge on any atom is 0.414 e. The lowest BCUT2D eigenvalue weighted by atomic mass is 10.2. The maximum atomic E-state index is 12.0. The van der Waals surface area contributed by atoms with E-state index in [0.717, 1.165) is 20.9 Å². The summed E-state index contributed by atoms with van der Waals surface area (Å²) in [4.78, 5) is 29.4. The smallest absolute Gasteiger partial charge is 0.414 e. The van der Waals surface area contributed by atoms with E-state index < -0.39 is 0 Å². The molecule has 0 unspecified atom stereocenters. The Morgan fingerprint density at radius 3 is 3.00 bits per heavy atom. The molecule has 0 N–H and O–H groups in total. The highest BCUT2D eigenvalue weighted by molar-refractivity contribution is 7.18. The van der Waals surface area contributed by atoms with Gasteiger partial charge in [0.2, 0.25) is 0 Å². The second-order valence-corrected chi connectivity index (χ2v) is 6.86. The molecule has 0 spiro atoms. The molecule has 0 aliphatic carbocycles. The fraction of sp³-hybridized carbons (Fsp3) is 0.438. The second kappa shape index (κ2) is 6.03. The molecule has 1 aromatic heterocycles. The van der Waals surface area contributed by atoms with Gasteiger partial charge in [-0.05, 0) is 18.2 Å². The van der Waals surface area contributed by atoms with E-state index in [1.807, 2.05) is 18.2 Å². The topological polar surface area (TPSA) is 78.0 Å². The molecule has 4 rings (SSSR count). The predicted octanol–water partition coefficient (Wildman–Crippen LogP) is 2.65. The van der Waals surface area contributed by atoms with E-state index in [-0.39, 0.29) is 24.3 Å². The van der Waals surface area contributed by atoms with Gasteiger partial charge >= 0.3 is 12.1 Å². The Labute approximate surface area is 142 Å². The van der Waals surface area contributed by atoms with Crippen molar-refractivity contribution in [2.24, 2.45) is 0 Å². The summed E-state index contributed by atoms with van der Waals surface area (Å²) in [6.07, 6.45) is 0.231. The van der Waals surface area contributed by atoms with Gasteiger partial charge in [0.15, 0.2) is 6.10 Å². The summed E-state index contributed by atoms with van der Waals surface area (Å²) in [7, 11) is 1.58. The Balaban J connectivity index is 1.59. The minimum absolute atomic E-state index is 0.177. The Kier molecular flexibility index (Phi) is 3.85. The van der Waals surface area contributed by atoms with E-state index in [0.29, 0.717) is 26.0 Å². The number of hydrogen-bond acceptors (Lipinski definition) is 7. The van der Waals surface area contributed by atoms with Crippen LogP contribution in [0.4, 0.5) is 10.5 Å². The van der Waals surface area contributed by atoms with Crippen molar-refractivity contribution < 1.29 is 23.8 Å². The van der Waals surface area contributed by atoms with Crippen molar-refractivity contribution in [3.63, 3.8) is 0 Å². The van der Waals surface area contributed by atoms with Crippen molar-refractivity contribution in [3.8, 4) is 0 Å². The van der Waals surface area contributed by atoms with E-state index in [4.69, 9.17) is 14.2 Å². The Morgan fingerprint density at radius 1 is 1.38 bits per heavy atom. The maximum absolute atomic E-state index is 12.0. The molecule has 7 nitrogen and oxygen atoms in total. The molecule has 24 heavy (non-hydrogen) atoms. The van der Waals surface area contributed by atoms with Gasteiger partial charge in [0.05, 0.1) is 23.4 Å². The van der Waals surface area contributed by atoms with Crippen LogP contribution in [0, 0.1) is 0 Å². The van der Waals surface area contributed by atoms with Gasteiger partial charge in [-0.15, -0.1) is 11.3 Å². The van der Waals surface area contributed by atoms with E-state index >= 15 is 0 Å². The average molecular weight is 348 g/mol. The highest BCUT2D eigenvalue weighted by Gasteiger charge is 2.33. The van der Waals surface area contributed by atoms with Crippen molar-refractivity contribution in [1.29, 1.82) is 0 Å². The number of fused-ring (bicyclic) bond motifs is 1. The number of ether oxygens (including phenoxy) is 3. The lowest BCUT2D eigenvalue weighted by Crippen LogP contribution is -2.25. The number of aromatic nitrogens is 1. The first-order valence-corrected chi connectivity index (χ1v) is 8.53. The number of thiazole rings is 1. The van der Waals surface area contributed by atoms with E-state index in [2.05, 4.69) is 4.98 Å². The Bertz CT molecular complexity index is 805. The van der Waals surface area contributed by atoms with E-state index in [1.54, 1.807) is 12.0 Å². The fourth-order valence-electron chi connectivity index (χ4n) is 2.94. The molecule has 0 radical (unpaired) electrons. The zero-order valence-electron chi connectivity index (χ0n) is 13.1. The summed E-state index contributed by atoms with van der Waals surface area (Å²) in [5.74, 6) is -0.177. The Hall–Kier alpha value is -2.19. The predicted molar refractivity (Wildman–Crippen MR) is 87.2 cm³/mol. The number of cyclic esters (lactones) is 2. The first kappa shape index (κ1) is 15.3. The second-order valence-electron chi connectivity index (χ2n) is 5.79. The minimum Gasteiger partial charge on any atom is -0.455 e. The summed E-state index contributed by atoms with van der Waals surface area (Å²) < 4.78 is 16.5. The van der Waals surface area contributed by atoms with Crippen LogP contribution in [0.3, 0.4) is 0 Å². The van der Waals surface area contributed by atoms with Crippen LogP contribution in [0.15, 0.2) is 18.2 Å². The third-order valence-corrected chi connectivity index (χ3v) is 5.20. The van der Waals surface area contributed by atoms with Gasteiger partial charge in [0, 0.05) is 25.6 Å². The van der Waals surface area contributed by atoms with Crippen molar-refractivity contribution in [2.45, 2.75) is 25.0 Å². The highest BCUT2D eigenvalue weighted by atomic mass is 32.1. The van der Waals surface area contributed by atoms with Crippen LogP contribution in [-0.2, 0) is 19.0 Å². The summed E-state index contributed by atoms with van der Waals surface area (Å²) >= 11 is 1.49. The van der Waals surface area contributed by atoms with Crippen LogP contribution in [-0.4, -0.2) is 43.4 Å². The molecular formula is C16H16N2O5S. The number of amides is 1. The zero-order chi connectivity index (χ0) is 16.7. The van der Waals surface area contributed by atoms with Gasteiger partial charge in [-0.3, -0.25) is 9.69 Å². The lowest BCUT2D eigenvalue weighted by Gasteiger charge is -2.12. The van der Waals surface area contributed by atoms with Crippen LogP contribution in [0.2, 0.25) is 0 Å². The third-order valence-electron chi connectivity index (χ3n) is 4.09. The molecule has 126 valence electrons. The van der Waals surface area contributed by atoms with Crippen LogP contribution in [0.1, 0.15) is 24.0 Å². The molecule has 1 aromatic carbocycles. The minimum atomic E-state index is -0.370. The number of carbonyl (C=O) groups excluding carboxylic acids is 2. The largest absolute Gasteiger partial charge is 0.455 e. The number of methoxy groups -OCH3 is 1. The first-order chi connectivity index (χ1) is 11.6. The molecule has 3 heterocycles. The van der Waals surface area contributed by atoms with E-state index in [9.17, 15) is 9.59 Å². The molecule has 2 aliphatic rings. The van der Waals surface area contributed by atoms with Gasteiger partial charge < -0.3 is 14.2 Å². The van der Waals surface area contributed by atoms with Gasteiger partial charge in [0.1, 0.15) is 11.1 Å². The molecule has 8 heteroatoms. The van der Waals surface area contributed by atoms with Crippen LogP contribution in [0.5, 0.6) is 0 Å². The molecular weight excluding hydrogens is 332 g/mol. The number of hydrogen-bond donors (Lipinski definition) is 0. The van der Waals surface area contributed by atoms with Crippen molar-refractivity contribution >= 4 is 39.3 Å². The molecule has 2 fully saturated rings. The van der Waals surface area contributed by atoms with E-state index in [1.165, 1.54) is 11.3 Å². The molecule has 2 atom stereocenters. The number of esters is 1. The first-order valence-electron chi connectivity index (χ1n) is 7.71. The van der Waals surface area contributed by atoms with Gasteiger partial charge in [-0.25, -0.2) is 9.78 Å².